The molecule has 3 aromatic rings. The van der Waals surface area contributed by atoms with Gasteiger partial charge in [0.05, 0.1) is 4.88 Å². The minimum Gasteiger partial charge on any atom is -0.200 e. The Kier molecular flexibility index (Phi) is 1.57. The lowest BCUT2D eigenvalue weighted by Gasteiger charge is -1.96. The third-order valence-electron chi connectivity index (χ3n) is 1.94. The highest BCUT2D eigenvalue weighted by molar-refractivity contribution is 7.13. The van der Waals surface area contributed by atoms with Crippen molar-refractivity contribution in [2.75, 3.05) is 0 Å². The van der Waals surface area contributed by atoms with Crippen LogP contribution in [0.1, 0.15) is 0 Å². The molecule has 0 bridgehead atoms. The zero-order valence-corrected chi connectivity index (χ0v) is 7.98. The summed E-state index contributed by atoms with van der Waals surface area (Å²) in [7, 11) is 0. The zero-order chi connectivity index (χ0) is 9.38. The first-order chi connectivity index (χ1) is 6.93. The molecule has 0 radical (unpaired) electrons. The molecule has 4 nitrogen and oxygen atoms in total. The molecular formula is C9H6N4S. The topological polar surface area (TPSA) is 43.1 Å². The van der Waals surface area contributed by atoms with Crippen LogP contribution in [-0.2, 0) is 0 Å². The fourth-order valence-corrected chi connectivity index (χ4v) is 1.97. The summed E-state index contributed by atoms with van der Waals surface area (Å²) in [5.41, 5.74) is 1.72. The standard InChI is InChI=1S/C9H6N4S/c1-2-8(14-5-1)7-3-4-9-11-10-6-13(9)12-7/h1-6H. The number of hydrogen-bond acceptors (Lipinski definition) is 4. The smallest absolute Gasteiger partial charge is 0.177 e. The molecule has 0 aliphatic heterocycles. The molecule has 0 aliphatic rings. The lowest BCUT2D eigenvalue weighted by atomic mass is 10.3. The van der Waals surface area contributed by atoms with E-state index in [9.17, 15) is 0 Å². The summed E-state index contributed by atoms with van der Waals surface area (Å²) in [6.07, 6.45) is 1.60. The van der Waals surface area contributed by atoms with Gasteiger partial charge in [0.25, 0.3) is 0 Å². The SMILES string of the molecule is c1csc(-c2ccc3nncn3n2)c1. The van der Waals surface area contributed by atoms with Crippen molar-refractivity contribution in [3.05, 3.63) is 36.0 Å². The van der Waals surface area contributed by atoms with Gasteiger partial charge in [-0.25, -0.2) is 0 Å². The fourth-order valence-electron chi connectivity index (χ4n) is 1.28. The van der Waals surface area contributed by atoms with E-state index in [1.165, 1.54) is 0 Å². The Morgan fingerprint density at radius 2 is 2.21 bits per heavy atom. The Morgan fingerprint density at radius 3 is 3.07 bits per heavy atom. The highest BCUT2D eigenvalue weighted by Gasteiger charge is 2.02. The molecule has 0 aromatic carbocycles. The number of hydrogen-bond donors (Lipinski definition) is 0. The third-order valence-corrected chi connectivity index (χ3v) is 2.83. The van der Waals surface area contributed by atoms with Crippen molar-refractivity contribution in [3.63, 3.8) is 0 Å². The summed E-state index contributed by atoms with van der Waals surface area (Å²) in [5, 5.41) is 14.1. The number of rotatable bonds is 1. The van der Waals surface area contributed by atoms with Crippen LogP contribution in [0.5, 0.6) is 0 Å². The van der Waals surface area contributed by atoms with Gasteiger partial charge in [-0.2, -0.15) is 9.61 Å². The molecular weight excluding hydrogens is 196 g/mol. The van der Waals surface area contributed by atoms with E-state index in [2.05, 4.69) is 15.3 Å². The normalized spacial score (nSPS) is 10.9. The monoisotopic (exact) mass is 202 g/mol. The van der Waals surface area contributed by atoms with Crippen molar-refractivity contribution in [3.8, 4) is 10.6 Å². The summed E-state index contributed by atoms with van der Waals surface area (Å²) < 4.78 is 1.68. The number of fused-ring (bicyclic) bond motifs is 1. The van der Waals surface area contributed by atoms with Crippen molar-refractivity contribution in [2.45, 2.75) is 0 Å². The van der Waals surface area contributed by atoms with Crippen LogP contribution in [-0.4, -0.2) is 19.8 Å². The number of aromatic nitrogens is 4. The van der Waals surface area contributed by atoms with Gasteiger partial charge in [-0.1, -0.05) is 6.07 Å². The van der Waals surface area contributed by atoms with Gasteiger partial charge in [-0.3, -0.25) is 0 Å². The highest BCUT2D eigenvalue weighted by Crippen LogP contribution is 2.21. The predicted octanol–water partition coefficient (Wildman–Crippen LogP) is 1.85. The minimum atomic E-state index is 0.769. The van der Waals surface area contributed by atoms with Crippen molar-refractivity contribution in [2.24, 2.45) is 0 Å². The zero-order valence-electron chi connectivity index (χ0n) is 7.16. The highest BCUT2D eigenvalue weighted by atomic mass is 32.1. The van der Waals surface area contributed by atoms with E-state index in [1.54, 1.807) is 22.2 Å². The van der Waals surface area contributed by atoms with Gasteiger partial charge in [0.1, 0.15) is 12.0 Å². The Balaban J connectivity index is 2.23. The van der Waals surface area contributed by atoms with Crippen molar-refractivity contribution >= 4 is 17.0 Å². The Morgan fingerprint density at radius 1 is 1.21 bits per heavy atom. The first-order valence-corrected chi connectivity index (χ1v) is 5.02. The van der Waals surface area contributed by atoms with Crippen LogP contribution in [0.3, 0.4) is 0 Å². The molecule has 0 atom stereocenters. The van der Waals surface area contributed by atoms with Crippen LogP contribution in [0.15, 0.2) is 36.0 Å². The van der Waals surface area contributed by atoms with Gasteiger partial charge in [-0.15, -0.1) is 21.5 Å². The molecule has 0 fully saturated rings. The van der Waals surface area contributed by atoms with E-state index in [1.807, 2.05) is 29.6 Å². The largest absolute Gasteiger partial charge is 0.200 e. The molecule has 0 saturated heterocycles. The molecule has 3 rings (SSSR count). The van der Waals surface area contributed by atoms with Gasteiger partial charge < -0.3 is 0 Å². The lowest BCUT2D eigenvalue weighted by molar-refractivity contribution is 0.934. The second kappa shape index (κ2) is 2.88. The van der Waals surface area contributed by atoms with E-state index in [4.69, 9.17) is 0 Å². The molecule has 68 valence electrons. The average molecular weight is 202 g/mol. The van der Waals surface area contributed by atoms with E-state index in [0.717, 1.165) is 16.2 Å². The maximum Gasteiger partial charge on any atom is 0.177 e. The summed E-state index contributed by atoms with van der Waals surface area (Å²) in [4.78, 5) is 1.15. The van der Waals surface area contributed by atoms with E-state index >= 15 is 0 Å². The van der Waals surface area contributed by atoms with Gasteiger partial charge in [-0.05, 0) is 23.6 Å². The van der Waals surface area contributed by atoms with E-state index in [-0.39, 0.29) is 0 Å². The molecule has 14 heavy (non-hydrogen) atoms. The number of nitrogens with zero attached hydrogens (tertiary/aromatic N) is 4. The predicted molar refractivity (Wildman–Crippen MR) is 54.1 cm³/mol. The second-order valence-electron chi connectivity index (χ2n) is 2.83. The van der Waals surface area contributed by atoms with Crippen molar-refractivity contribution < 1.29 is 0 Å². The minimum absolute atomic E-state index is 0.769. The van der Waals surface area contributed by atoms with Crippen LogP contribution in [0.4, 0.5) is 0 Å². The second-order valence-corrected chi connectivity index (χ2v) is 3.78. The van der Waals surface area contributed by atoms with Crippen LogP contribution in [0, 0.1) is 0 Å². The molecule has 0 unspecified atom stereocenters. The van der Waals surface area contributed by atoms with Crippen LogP contribution in [0.25, 0.3) is 16.2 Å². The van der Waals surface area contributed by atoms with Crippen molar-refractivity contribution in [1.29, 1.82) is 0 Å². The molecule has 0 aliphatic carbocycles. The van der Waals surface area contributed by atoms with Gasteiger partial charge in [0.2, 0.25) is 0 Å². The quantitative estimate of drug-likeness (QED) is 0.604. The summed E-state index contributed by atoms with van der Waals surface area (Å²) >= 11 is 1.67. The van der Waals surface area contributed by atoms with Gasteiger partial charge in [0.15, 0.2) is 5.65 Å². The fraction of sp³-hybridized carbons (Fsp3) is 0. The average Bonchev–Trinajstić information content (AvgIpc) is 2.88. The molecule has 3 aromatic heterocycles. The Hall–Kier alpha value is -1.75. The summed E-state index contributed by atoms with van der Waals surface area (Å²) in [6.45, 7) is 0. The number of thiophene rings is 1. The van der Waals surface area contributed by atoms with E-state index < -0.39 is 0 Å². The summed E-state index contributed by atoms with van der Waals surface area (Å²) in [5.74, 6) is 0. The maximum absolute atomic E-state index is 4.38. The molecule has 0 N–H and O–H groups in total. The molecule has 5 heteroatoms. The first-order valence-electron chi connectivity index (χ1n) is 4.14. The van der Waals surface area contributed by atoms with Gasteiger partial charge >= 0.3 is 0 Å². The van der Waals surface area contributed by atoms with Gasteiger partial charge in [0, 0.05) is 0 Å². The Bertz CT molecular complexity index is 555. The molecule has 0 saturated carbocycles. The van der Waals surface area contributed by atoms with Crippen LogP contribution in [0.2, 0.25) is 0 Å². The van der Waals surface area contributed by atoms with Crippen LogP contribution >= 0.6 is 11.3 Å². The summed E-state index contributed by atoms with van der Waals surface area (Å²) in [6, 6.07) is 7.92. The molecule has 0 amide bonds. The van der Waals surface area contributed by atoms with E-state index in [0.29, 0.717) is 0 Å². The Labute approximate surface area is 83.8 Å². The van der Waals surface area contributed by atoms with Crippen molar-refractivity contribution in [1.82, 2.24) is 19.8 Å². The maximum atomic E-state index is 4.38. The lowest BCUT2D eigenvalue weighted by Crippen LogP contribution is -1.91. The third kappa shape index (κ3) is 1.10. The molecule has 3 heterocycles. The molecule has 0 spiro atoms. The first kappa shape index (κ1) is 7.64. The van der Waals surface area contributed by atoms with Crippen LogP contribution < -0.4 is 0 Å².